The first-order chi connectivity index (χ1) is 16.5. The standard InChI is InChI=1S/C23H25F2N7O2/c1-14-27-18-3-2-17(29-21(18)31(14)13-20(24)25)16-6-9-32-19(16)12-26-22(30-32)28-15-4-7-23(8-5-15)33-10-11-34-23/h2-3,6,9,12,15,20H,4-5,7-8,10-11,13H2,1H3,(H,28,30). The zero-order valence-corrected chi connectivity index (χ0v) is 18.7. The molecule has 2 aliphatic rings. The fourth-order valence-electron chi connectivity index (χ4n) is 4.97. The van der Waals surface area contributed by atoms with Crippen LogP contribution in [0.15, 0.2) is 30.6 Å². The van der Waals surface area contributed by atoms with Gasteiger partial charge >= 0.3 is 0 Å². The molecule has 1 aliphatic heterocycles. The summed E-state index contributed by atoms with van der Waals surface area (Å²) >= 11 is 0. The lowest BCUT2D eigenvalue weighted by Crippen LogP contribution is -2.39. The van der Waals surface area contributed by atoms with Crippen molar-refractivity contribution in [3.63, 3.8) is 0 Å². The van der Waals surface area contributed by atoms with Crippen LogP contribution in [0.25, 0.3) is 27.9 Å². The molecule has 1 spiro atoms. The molecule has 6 rings (SSSR count). The average molecular weight is 469 g/mol. The molecule has 1 aliphatic carbocycles. The first-order valence-electron chi connectivity index (χ1n) is 11.5. The van der Waals surface area contributed by atoms with Crippen LogP contribution in [0, 0.1) is 6.92 Å². The molecule has 34 heavy (non-hydrogen) atoms. The number of rotatable bonds is 5. The van der Waals surface area contributed by atoms with Crippen LogP contribution in [0.2, 0.25) is 0 Å². The monoisotopic (exact) mass is 469 g/mol. The molecular formula is C23H25F2N7O2. The van der Waals surface area contributed by atoms with Crippen LogP contribution in [0.1, 0.15) is 31.5 Å². The summed E-state index contributed by atoms with van der Waals surface area (Å²) in [5.74, 6) is 0.675. The summed E-state index contributed by atoms with van der Waals surface area (Å²) in [4.78, 5) is 13.5. The van der Waals surface area contributed by atoms with Crippen molar-refractivity contribution in [2.24, 2.45) is 0 Å². The molecule has 1 saturated heterocycles. The van der Waals surface area contributed by atoms with Crippen molar-refractivity contribution in [1.29, 1.82) is 0 Å². The van der Waals surface area contributed by atoms with Crippen molar-refractivity contribution < 1.29 is 18.3 Å². The number of aryl methyl sites for hydroxylation is 1. The van der Waals surface area contributed by atoms with Gasteiger partial charge in [0.1, 0.15) is 11.3 Å². The number of alkyl halides is 2. The smallest absolute Gasteiger partial charge is 0.256 e. The lowest BCUT2D eigenvalue weighted by atomic mass is 9.90. The number of nitrogens with zero attached hydrogens (tertiary/aromatic N) is 6. The topological polar surface area (TPSA) is 91.4 Å². The Morgan fingerprint density at radius 2 is 1.94 bits per heavy atom. The van der Waals surface area contributed by atoms with Crippen LogP contribution in [0.3, 0.4) is 0 Å². The van der Waals surface area contributed by atoms with Crippen LogP contribution < -0.4 is 5.32 Å². The third-order valence-corrected chi connectivity index (χ3v) is 6.69. The van der Waals surface area contributed by atoms with Crippen LogP contribution in [-0.4, -0.2) is 60.6 Å². The maximum atomic E-state index is 13.1. The summed E-state index contributed by atoms with van der Waals surface area (Å²) in [5, 5.41) is 8.04. The molecule has 0 atom stereocenters. The van der Waals surface area contributed by atoms with Gasteiger partial charge in [0, 0.05) is 30.6 Å². The highest BCUT2D eigenvalue weighted by atomic mass is 19.3. The molecule has 178 valence electrons. The molecule has 9 nitrogen and oxygen atoms in total. The number of aromatic nitrogens is 6. The van der Waals surface area contributed by atoms with Crippen LogP contribution in [0.4, 0.5) is 14.7 Å². The van der Waals surface area contributed by atoms with E-state index >= 15 is 0 Å². The maximum Gasteiger partial charge on any atom is 0.256 e. The van der Waals surface area contributed by atoms with E-state index in [1.165, 1.54) is 4.57 Å². The molecule has 4 aromatic heterocycles. The summed E-state index contributed by atoms with van der Waals surface area (Å²) in [7, 11) is 0. The third-order valence-electron chi connectivity index (χ3n) is 6.69. The highest BCUT2D eigenvalue weighted by molar-refractivity contribution is 5.82. The van der Waals surface area contributed by atoms with Crippen LogP contribution in [0.5, 0.6) is 0 Å². The van der Waals surface area contributed by atoms with Crippen molar-refractivity contribution in [1.82, 2.24) is 29.1 Å². The van der Waals surface area contributed by atoms with E-state index in [2.05, 4.69) is 25.4 Å². The number of imidazole rings is 1. The highest BCUT2D eigenvalue weighted by Crippen LogP contribution is 2.36. The lowest BCUT2D eigenvalue weighted by molar-refractivity contribution is -0.177. The van der Waals surface area contributed by atoms with Crippen molar-refractivity contribution in [3.05, 3.63) is 36.4 Å². The van der Waals surface area contributed by atoms with Gasteiger partial charge in [0.15, 0.2) is 11.4 Å². The Hall–Kier alpha value is -3.18. The van der Waals surface area contributed by atoms with Gasteiger partial charge in [0.2, 0.25) is 5.95 Å². The SMILES string of the molecule is Cc1nc2ccc(-c3ccn4nc(NC5CCC6(CC5)OCCO6)ncc34)nc2n1CC(F)F. The fourth-order valence-corrected chi connectivity index (χ4v) is 4.97. The Balaban J connectivity index is 1.24. The van der Waals surface area contributed by atoms with E-state index < -0.39 is 18.8 Å². The molecule has 0 bridgehead atoms. The predicted molar refractivity (Wildman–Crippen MR) is 121 cm³/mol. The first-order valence-corrected chi connectivity index (χ1v) is 11.5. The summed E-state index contributed by atoms with van der Waals surface area (Å²) in [6, 6.07) is 5.81. The van der Waals surface area contributed by atoms with Gasteiger partial charge in [-0.05, 0) is 38.0 Å². The number of halogens is 2. The van der Waals surface area contributed by atoms with E-state index in [-0.39, 0.29) is 6.04 Å². The van der Waals surface area contributed by atoms with Gasteiger partial charge in [-0.25, -0.2) is 28.2 Å². The normalized spacial score (nSPS) is 18.6. The van der Waals surface area contributed by atoms with E-state index in [1.807, 2.05) is 18.3 Å². The Morgan fingerprint density at radius 3 is 2.71 bits per heavy atom. The molecule has 0 radical (unpaired) electrons. The Kier molecular flexibility index (Phi) is 5.18. The number of nitrogens with one attached hydrogen (secondary N) is 1. The number of anilines is 1. The minimum atomic E-state index is -2.48. The van der Waals surface area contributed by atoms with Crippen LogP contribution in [-0.2, 0) is 16.0 Å². The number of hydrogen-bond acceptors (Lipinski definition) is 7. The molecule has 11 heteroatoms. The van der Waals surface area contributed by atoms with Gasteiger partial charge in [-0.15, -0.1) is 5.10 Å². The molecular weight excluding hydrogens is 444 g/mol. The van der Waals surface area contributed by atoms with E-state index in [1.54, 1.807) is 23.7 Å². The fraction of sp³-hybridized carbons (Fsp3) is 0.478. The second-order valence-electron chi connectivity index (χ2n) is 8.87. The van der Waals surface area contributed by atoms with E-state index in [4.69, 9.17) is 9.47 Å². The summed E-state index contributed by atoms with van der Waals surface area (Å²) in [5.41, 5.74) is 3.30. The number of pyridine rings is 1. The lowest BCUT2D eigenvalue weighted by Gasteiger charge is -2.35. The third kappa shape index (κ3) is 3.78. The Bertz CT molecular complexity index is 1340. The van der Waals surface area contributed by atoms with Gasteiger partial charge in [-0.1, -0.05) is 0 Å². The molecule has 1 N–H and O–H groups in total. The predicted octanol–water partition coefficient (Wildman–Crippen LogP) is 3.81. The zero-order valence-electron chi connectivity index (χ0n) is 18.7. The molecule has 5 heterocycles. The summed E-state index contributed by atoms with van der Waals surface area (Å²) < 4.78 is 40.9. The molecule has 0 aromatic carbocycles. The van der Waals surface area contributed by atoms with Gasteiger partial charge in [-0.3, -0.25) is 0 Å². The van der Waals surface area contributed by atoms with Gasteiger partial charge in [-0.2, -0.15) is 0 Å². The average Bonchev–Trinajstić information content (AvgIpc) is 3.53. The van der Waals surface area contributed by atoms with Crippen molar-refractivity contribution in [2.75, 3.05) is 18.5 Å². The Labute approximate surface area is 194 Å². The number of hydrogen-bond donors (Lipinski definition) is 1. The van der Waals surface area contributed by atoms with E-state index in [9.17, 15) is 8.78 Å². The van der Waals surface area contributed by atoms with Crippen LogP contribution >= 0.6 is 0 Å². The summed E-state index contributed by atoms with van der Waals surface area (Å²) in [6.07, 6.45) is 4.69. The van der Waals surface area contributed by atoms with Crippen molar-refractivity contribution >= 4 is 22.6 Å². The maximum absolute atomic E-state index is 13.1. The second kappa shape index (κ2) is 8.24. The van der Waals surface area contributed by atoms with Gasteiger partial charge in [0.05, 0.1) is 37.2 Å². The second-order valence-corrected chi connectivity index (χ2v) is 8.87. The van der Waals surface area contributed by atoms with E-state index in [0.717, 1.165) is 36.8 Å². The number of ether oxygens (including phenoxy) is 2. The molecule has 0 amide bonds. The molecule has 2 fully saturated rings. The Morgan fingerprint density at radius 1 is 1.15 bits per heavy atom. The number of fused-ring (bicyclic) bond motifs is 2. The zero-order chi connectivity index (χ0) is 23.3. The quantitative estimate of drug-likeness (QED) is 0.475. The minimum Gasteiger partial charge on any atom is -0.350 e. The van der Waals surface area contributed by atoms with Crippen molar-refractivity contribution in [2.45, 2.75) is 57.4 Å². The molecule has 0 unspecified atom stereocenters. The van der Waals surface area contributed by atoms with Crippen molar-refractivity contribution in [3.8, 4) is 11.3 Å². The molecule has 4 aromatic rings. The first kappa shape index (κ1) is 21.4. The molecule has 1 saturated carbocycles. The summed E-state index contributed by atoms with van der Waals surface area (Å²) in [6.45, 7) is 2.61. The minimum absolute atomic E-state index is 0.258. The largest absolute Gasteiger partial charge is 0.350 e. The highest BCUT2D eigenvalue weighted by Gasteiger charge is 2.40. The van der Waals surface area contributed by atoms with Gasteiger partial charge < -0.3 is 19.4 Å². The van der Waals surface area contributed by atoms with E-state index in [0.29, 0.717) is 41.8 Å². The van der Waals surface area contributed by atoms with Gasteiger partial charge in [0.25, 0.3) is 6.43 Å².